The number of nitriles is 2. The van der Waals surface area contributed by atoms with E-state index in [0.29, 0.717) is 10.9 Å². The maximum absolute atomic E-state index is 11.8. The molecule has 1 heterocycles. The Morgan fingerprint density at radius 3 is 2.76 bits per heavy atom. The SMILES string of the molecule is C[C@@H](NC(=O)CSc1nc(N)c(C#N)cc1C#N)C1CC1. The molecule has 1 aliphatic carbocycles. The Hall–Kier alpha value is -2.25. The predicted octanol–water partition coefficient (Wildman–Crippen LogP) is 1.41. The summed E-state index contributed by atoms with van der Waals surface area (Å²) in [4.78, 5) is 15.9. The number of amides is 1. The van der Waals surface area contributed by atoms with Crippen molar-refractivity contribution in [2.45, 2.75) is 30.8 Å². The lowest BCUT2D eigenvalue weighted by atomic mass is 10.2. The molecule has 1 aliphatic rings. The number of carbonyl (C=O) groups is 1. The molecule has 3 N–H and O–H groups in total. The molecule has 1 aromatic rings. The van der Waals surface area contributed by atoms with Gasteiger partial charge in [-0.05, 0) is 31.7 Å². The molecule has 108 valence electrons. The van der Waals surface area contributed by atoms with Gasteiger partial charge in [-0.2, -0.15) is 10.5 Å². The van der Waals surface area contributed by atoms with Gasteiger partial charge in [-0.15, -0.1) is 0 Å². The third-order valence-corrected chi connectivity index (χ3v) is 4.31. The van der Waals surface area contributed by atoms with Crippen LogP contribution in [0.15, 0.2) is 11.1 Å². The van der Waals surface area contributed by atoms with Crippen LogP contribution in [0.3, 0.4) is 0 Å². The van der Waals surface area contributed by atoms with Gasteiger partial charge in [0.25, 0.3) is 0 Å². The van der Waals surface area contributed by atoms with E-state index < -0.39 is 0 Å². The molecule has 0 saturated heterocycles. The van der Waals surface area contributed by atoms with Crippen molar-refractivity contribution in [2.24, 2.45) is 5.92 Å². The fourth-order valence-electron chi connectivity index (χ4n) is 1.93. The average Bonchev–Trinajstić information content (AvgIpc) is 3.29. The fourth-order valence-corrected chi connectivity index (χ4v) is 2.71. The molecule has 6 nitrogen and oxygen atoms in total. The van der Waals surface area contributed by atoms with Crippen LogP contribution in [0.1, 0.15) is 30.9 Å². The van der Waals surface area contributed by atoms with Gasteiger partial charge in [-0.1, -0.05) is 11.8 Å². The second kappa shape index (κ2) is 6.47. The highest BCUT2D eigenvalue weighted by molar-refractivity contribution is 8.00. The van der Waals surface area contributed by atoms with Gasteiger partial charge in [0.05, 0.1) is 16.9 Å². The van der Waals surface area contributed by atoms with Crippen molar-refractivity contribution in [1.29, 1.82) is 10.5 Å². The molecule has 0 unspecified atom stereocenters. The van der Waals surface area contributed by atoms with E-state index in [1.807, 2.05) is 19.1 Å². The van der Waals surface area contributed by atoms with Crippen LogP contribution in [0.4, 0.5) is 5.82 Å². The van der Waals surface area contributed by atoms with E-state index in [-0.39, 0.29) is 34.6 Å². The van der Waals surface area contributed by atoms with Gasteiger partial charge in [-0.25, -0.2) is 4.98 Å². The lowest BCUT2D eigenvalue weighted by molar-refractivity contribution is -0.119. The van der Waals surface area contributed by atoms with E-state index in [2.05, 4.69) is 10.3 Å². The lowest BCUT2D eigenvalue weighted by Gasteiger charge is -2.12. The zero-order valence-corrected chi connectivity index (χ0v) is 12.4. The van der Waals surface area contributed by atoms with Crippen LogP contribution in [0.5, 0.6) is 0 Å². The molecule has 0 radical (unpaired) electrons. The maximum Gasteiger partial charge on any atom is 0.230 e. The maximum atomic E-state index is 11.8. The second-order valence-electron chi connectivity index (χ2n) is 4.98. The lowest BCUT2D eigenvalue weighted by Crippen LogP contribution is -2.35. The van der Waals surface area contributed by atoms with E-state index >= 15 is 0 Å². The Kier molecular flexibility index (Phi) is 4.66. The smallest absolute Gasteiger partial charge is 0.230 e. The van der Waals surface area contributed by atoms with Gasteiger partial charge in [0, 0.05) is 6.04 Å². The summed E-state index contributed by atoms with van der Waals surface area (Å²) in [5.74, 6) is 0.750. The second-order valence-corrected chi connectivity index (χ2v) is 5.94. The fraction of sp³-hybridized carbons (Fsp3) is 0.429. The number of nitrogens with two attached hydrogens (primary N) is 1. The van der Waals surface area contributed by atoms with Crippen LogP contribution in [-0.4, -0.2) is 22.7 Å². The normalized spacial score (nSPS) is 14.8. The topological polar surface area (TPSA) is 116 Å². The van der Waals surface area contributed by atoms with Crippen molar-refractivity contribution in [3.63, 3.8) is 0 Å². The predicted molar refractivity (Wildman–Crippen MR) is 79.1 cm³/mol. The number of nitrogen functional groups attached to an aromatic ring is 1. The summed E-state index contributed by atoms with van der Waals surface area (Å²) in [7, 11) is 0. The summed E-state index contributed by atoms with van der Waals surface area (Å²) in [6.07, 6.45) is 2.34. The number of aromatic nitrogens is 1. The Balaban J connectivity index is 1.99. The number of anilines is 1. The molecular weight excluding hydrogens is 286 g/mol. The Labute approximate surface area is 127 Å². The number of pyridine rings is 1. The van der Waals surface area contributed by atoms with Crippen LogP contribution in [0.2, 0.25) is 0 Å². The number of thioether (sulfide) groups is 1. The summed E-state index contributed by atoms with van der Waals surface area (Å²) >= 11 is 1.15. The number of nitrogens with one attached hydrogen (secondary N) is 1. The number of carbonyl (C=O) groups excluding carboxylic acids is 1. The van der Waals surface area contributed by atoms with Gasteiger partial charge in [0.15, 0.2) is 0 Å². The Bertz CT molecular complexity index is 642. The quantitative estimate of drug-likeness (QED) is 0.794. The Morgan fingerprint density at radius 2 is 2.19 bits per heavy atom. The van der Waals surface area contributed by atoms with E-state index in [1.165, 1.54) is 18.9 Å². The van der Waals surface area contributed by atoms with Crippen molar-refractivity contribution in [3.05, 3.63) is 17.2 Å². The molecule has 2 rings (SSSR count). The van der Waals surface area contributed by atoms with Crippen molar-refractivity contribution in [1.82, 2.24) is 10.3 Å². The molecule has 0 bridgehead atoms. The first kappa shape index (κ1) is 15.1. The van der Waals surface area contributed by atoms with E-state index in [0.717, 1.165) is 11.8 Å². The van der Waals surface area contributed by atoms with Crippen LogP contribution < -0.4 is 11.1 Å². The monoisotopic (exact) mass is 301 g/mol. The summed E-state index contributed by atoms with van der Waals surface area (Å²) in [6.45, 7) is 2.00. The number of nitrogens with zero attached hydrogens (tertiary/aromatic N) is 3. The van der Waals surface area contributed by atoms with E-state index in [9.17, 15) is 4.79 Å². The molecule has 1 atom stereocenters. The summed E-state index contributed by atoms with van der Waals surface area (Å²) in [5, 5.41) is 21.2. The minimum atomic E-state index is -0.0898. The van der Waals surface area contributed by atoms with Crippen LogP contribution in [0.25, 0.3) is 0 Å². The van der Waals surface area contributed by atoms with Gasteiger partial charge in [0.1, 0.15) is 23.0 Å². The van der Waals surface area contributed by atoms with Crippen LogP contribution in [-0.2, 0) is 4.79 Å². The molecule has 1 saturated carbocycles. The third kappa shape index (κ3) is 3.87. The highest BCUT2D eigenvalue weighted by atomic mass is 32.2. The van der Waals surface area contributed by atoms with Gasteiger partial charge < -0.3 is 11.1 Å². The molecule has 7 heteroatoms. The van der Waals surface area contributed by atoms with Gasteiger partial charge in [0.2, 0.25) is 5.91 Å². The Morgan fingerprint density at radius 1 is 1.52 bits per heavy atom. The standard InChI is InChI=1S/C14H15N5OS/c1-8(9-2-3-9)18-12(20)7-21-14-11(6-16)4-10(5-15)13(17)19-14/h4,8-9H,2-3,7H2,1H3,(H2,17,19)(H,18,20)/t8-/m1/s1. The molecular formula is C14H15N5OS. The summed E-state index contributed by atoms with van der Waals surface area (Å²) in [6, 6.07) is 5.43. The third-order valence-electron chi connectivity index (χ3n) is 3.32. The first-order valence-electron chi connectivity index (χ1n) is 6.58. The molecule has 0 spiro atoms. The molecule has 21 heavy (non-hydrogen) atoms. The van der Waals surface area contributed by atoms with Crippen molar-refractivity contribution in [3.8, 4) is 12.1 Å². The first-order valence-corrected chi connectivity index (χ1v) is 7.56. The molecule has 0 aliphatic heterocycles. The molecule has 1 aromatic heterocycles. The minimum absolute atomic E-state index is 0.0748. The molecule has 1 amide bonds. The zero-order chi connectivity index (χ0) is 15.4. The number of hydrogen-bond acceptors (Lipinski definition) is 6. The van der Waals surface area contributed by atoms with Crippen molar-refractivity contribution >= 4 is 23.5 Å². The van der Waals surface area contributed by atoms with Gasteiger partial charge >= 0.3 is 0 Å². The van der Waals surface area contributed by atoms with Crippen molar-refractivity contribution < 1.29 is 4.79 Å². The van der Waals surface area contributed by atoms with Crippen LogP contribution >= 0.6 is 11.8 Å². The number of hydrogen-bond donors (Lipinski definition) is 2. The molecule has 1 fully saturated rings. The minimum Gasteiger partial charge on any atom is -0.383 e. The summed E-state index contributed by atoms with van der Waals surface area (Å²) in [5.41, 5.74) is 6.06. The molecule has 0 aromatic carbocycles. The van der Waals surface area contributed by atoms with E-state index in [4.69, 9.17) is 16.3 Å². The van der Waals surface area contributed by atoms with Crippen molar-refractivity contribution in [2.75, 3.05) is 11.5 Å². The van der Waals surface area contributed by atoms with Gasteiger partial charge in [-0.3, -0.25) is 4.79 Å². The van der Waals surface area contributed by atoms with Crippen LogP contribution in [0, 0.1) is 28.6 Å². The van der Waals surface area contributed by atoms with E-state index in [1.54, 1.807) is 0 Å². The average molecular weight is 301 g/mol. The number of rotatable bonds is 5. The first-order chi connectivity index (χ1) is 10.0. The highest BCUT2D eigenvalue weighted by Crippen LogP contribution is 2.32. The largest absolute Gasteiger partial charge is 0.383 e. The summed E-state index contributed by atoms with van der Waals surface area (Å²) < 4.78 is 0. The highest BCUT2D eigenvalue weighted by Gasteiger charge is 2.28. The zero-order valence-electron chi connectivity index (χ0n) is 11.6.